The van der Waals surface area contributed by atoms with Gasteiger partial charge in [-0.15, -0.1) is 113 Å². The molecule has 41 heavy (non-hydrogen) atoms. The summed E-state index contributed by atoms with van der Waals surface area (Å²) in [5.41, 5.74) is 0. The maximum atomic E-state index is 2.51. The Morgan fingerprint density at radius 1 is 0.390 bits per heavy atom. The number of rotatable bonds is 2. The first-order valence-corrected chi connectivity index (χ1v) is 21.1. The fraction of sp³-hybridized carbons (Fsp3) is 0.0323. The van der Waals surface area contributed by atoms with Gasteiger partial charge in [-0.05, 0) is 60.1 Å². The van der Waals surface area contributed by atoms with Crippen molar-refractivity contribution >= 4 is 191 Å². The van der Waals surface area contributed by atoms with Gasteiger partial charge in [-0.2, -0.15) is 0 Å². The van der Waals surface area contributed by atoms with E-state index in [1.54, 1.807) is 0 Å². The van der Waals surface area contributed by atoms with Gasteiger partial charge in [0.05, 0.1) is 32.9 Å². The second-order valence-electron chi connectivity index (χ2n) is 10.1. The Labute approximate surface area is 272 Å². The van der Waals surface area contributed by atoms with Gasteiger partial charge in [0.25, 0.3) is 0 Å². The molecule has 0 unspecified atom stereocenters. The van der Waals surface area contributed by atoms with E-state index in [4.69, 9.17) is 0 Å². The Balaban J connectivity index is 1.20. The quantitative estimate of drug-likeness (QED) is 0.168. The van der Waals surface area contributed by atoms with Crippen LogP contribution in [0.2, 0.25) is 0 Å². The Morgan fingerprint density at radius 3 is 1.59 bits per heavy atom. The number of thiophene rings is 10. The Kier molecular flexibility index (Phi) is 4.78. The van der Waals surface area contributed by atoms with Crippen molar-refractivity contribution in [2.24, 2.45) is 0 Å². The van der Waals surface area contributed by atoms with E-state index in [-0.39, 0.29) is 0 Å². The standard InChI is InChI=1S/C31H12S10/c1-11-6-20-27(34-11)23-12-7-16(18-9-21-30(39-18)28-14(35-21)2-4-32-28)37-25(12)26-13(24(23)41-20)8-17(38-26)19-10-22-31(40-19)29-15(36-22)3-5-33-29/h2-10H,1H3. The molecule has 0 saturated heterocycles. The van der Waals surface area contributed by atoms with Crippen LogP contribution in [-0.4, -0.2) is 0 Å². The zero-order valence-electron chi connectivity index (χ0n) is 20.8. The molecule has 0 nitrogen and oxygen atoms in total. The molecule has 0 spiro atoms. The van der Waals surface area contributed by atoms with Crippen LogP contribution in [0.5, 0.6) is 0 Å². The van der Waals surface area contributed by atoms with Crippen LogP contribution < -0.4 is 0 Å². The van der Waals surface area contributed by atoms with E-state index in [1.807, 2.05) is 113 Å². The molecule has 0 atom stereocenters. The van der Waals surface area contributed by atoms with Crippen molar-refractivity contribution in [2.75, 3.05) is 0 Å². The molecule has 0 amide bonds. The maximum absolute atomic E-state index is 2.51. The fourth-order valence-corrected chi connectivity index (χ4v) is 18.8. The van der Waals surface area contributed by atoms with Gasteiger partial charge in [0.2, 0.25) is 0 Å². The van der Waals surface area contributed by atoms with Gasteiger partial charge in [-0.1, -0.05) is 0 Å². The van der Waals surface area contributed by atoms with Crippen molar-refractivity contribution in [3.05, 3.63) is 58.1 Å². The summed E-state index contributed by atoms with van der Waals surface area (Å²) in [7, 11) is 0. The molecule has 0 saturated carbocycles. The summed E-state index contributed by atoms with van der Waals surface area (Å²) in [6, 6.07) is 16.8. The SMILES string of the molecule is Cc1cc2sc3c4cc(-c5cc6sc7ccsc7c6s5)sc4c4sc(-c5cc6sc7ccsc7c6s5)cc4c3c2s1. The third-order valence-corrected chi connectivity index (χ3v) is 20.0. The highest BCUT2D eigenvalue weighted by Crippen LogP contribution is 2.55. The normalized spacial score (nSPS) is 13.0. The highest BCUT2D eigenvalue weighted by molar-refractivity contribution is 7.42. The molecule has 0 bridgehead atoms. The van der Waals surface area contributed by atoms with Gasteiger partial charge in [0.1, 0.15) is 0 Å². The molecule has 196 valence electrons. The van der Waals surface area contributed by atoms with Crippen molar-refractivity contribution in [2.45, 2.75) is 6.92 Å². The number of fused-ring (bicyclic) bond motifs is 14. The van der Waals surface area contributed by atoms with E-state index in [1.165, 1.54) is 102 Å². The largest absolute Gasteiger partial charge is 0.141 e. The van der Waals surface area contributed by atoms with Gasteiger partial charge < -0.3 is 0 Å². The predicted octanol–water partition coefficient (Wildman–Crippen LogP) is 15.2. The highest BCUT2D eigenvalue weighted by atomic mass is 32.1. The van der Waals surface area contributed by atoms with Crippen LogP contribution >= 0.6 is 113 Å². The average molecular weight is 705 g/mol. The lowest BCUT2D eigenvalue weighted by molar-refractivity contribution is 1.66. The van der Waals surface area contributed by atoms with Crippen LogP contribution in [0.3, 0.4) is 0 Å². The van der Waals surface area contributed by atoms with Gasteiger partial charge in [0, 0.05) is 68.7 Å². The van der Waals surface area contributed by atoms with Crippen LogP contribution in [0.4, 0.5) is 0 Å². The van der Waals surface area contributed by atoms with E-state index in [0.29, 0.717) is 0 Å². The lowest BCUT2D eigenvalue weighted by atomic mass is 10.1. The van der Waals surface area contributed by atoms with E-state index in [0.717, 1.165) is 0 Å². The molecule has 0 fully saturated rings. The molecule has 10 aromatic heterocycles. The third-order valence-electron chi connectivity index (χ3n) is 7.66. The molecule has 0 aliphatic heterocycles. The molecule has 11 aromatic rings. The summed E-state index contributed by atoms with van der Waals surface area (Å²) in [6.07, 6.45) is 0. The van der Waals surface area contributed by atoms with E-state index in [9.17, 15) is 0 Å². The monoisotopic (exact) mass is 704 g/mol. The van der Waals surface area contributed by atoms with Crippen LogP contribution in [0.25, 0.3) is 96.8 Å². The summed E-state index contributed by atoms with van der Waals surface area (Å²) >= 11 is 19.6. The molecule has 0 N–H and O–H groups in total. The first-order valence-electron chi connectivity index (χ1n) is 12.8. The lowest BCUT2D eigenvalue weighted by Crippen LogP contribution is -1.68. The maximum Gasteiger partial charge on any atom is 0.0636 e. The van der Waals surface area contributed by atoms with Crippen molar-refractivity contribution < 1.29 is 0 Å². The summed E-state index contributed by atoms with van der Waals surface area (Å²) in [4.78, 5) is 7.04. The minimum Gasteiger partial charge on any atom is -0.141 e. The van der Waals surface area contributed by atoms with Crippen molar-refractivity contribution in [1.29, 1.82) is 0 Å². The van der Waals surface area contributed by atoms with Gasteiger partial charge in [-0.25, -0.2) is 0 Å². The summed E-state index contributed by atoms with van der Waals surface area (Å²) in [5, 5.41) is 8.82. The first-order chi connectivity index (χ1) is 20.2. The molecule has 10 heterocycles. The van der Waals surface area contributed by atoms with Crippen LogP contribution in [0, 0.1) is 6.92 Å². The van der Waals surface area contributed by atoms with Gasteiger partial charge >= 0.3 is 0 Å². The molecular formula is C31H12S10. The fourth-order valence-electron chi connectivity index (χ4n) is 5.94. The van der Waals surface area contributed by atoms with Crippen molar-refractivity contribution in [3.8, 4) is 19.5 Å². The van der Waals surface area contributed by atoms with E-state index in [2.05, 4.69) is 60.1 Å². The number of benzene rings is 1. The minimum absolute atomic E-state index is 1.40. The molecule has 1 aromatic carbocycles. The average Bonchev–Trinajstić information content (AvgIpc) is 3.73. The first kappa shape index (κ1) is 23.7. The second kappa shape index (κ2) is 8.26. The highest BCUT2D eigenvalue weighted by Gasteiger charge is 2.23. The number of hydrogen-bond donors (Lipinski definition) is 0. The molecule has 11 rings (SSSR count). The minimum atomic E-state index is 1.40. The lowest BCUT2D eigenvalue weighted by Gasteiger charge is -1.97. The van der Waals surface area contributed by atoms with E-state index < -0.39 is 0 Å². The van der Waals surface area contributed by atoms with E-state index >= 15 is 0 Å². The molecule has 0 aliphatic carbocycles. The molecular weight excluding hydrogens is 693 g/mol. The Hall–Kier alpha value is -1.70. The smallest absolute Gasteiger partial charge is 0.0636 e. The Bertz CT molecular complexity index is 2830. The molecule has 10 heteroatoms. The zero-order chi connectivity index (χ0) is 26.6. The van der Waals surface area contributed by atoms with Crippen molar-refractivity contribution in [3.63, 3.8) is 0 Å². The third kappa shape index (κ3) is 3.16. The zero-order valence-corrected chi connectivity index (χ0v) is 28.9. The number of hydrogen-bond acceptors (Lipinski definition) is 10. The number of aryl methyl sites for hydroxylation is 1. The van der Waals surface area contributed by atoms with Crippen LogP contribution in [0.15, 0.2) is 53.2 Å². The van der Waals surface area contributed by atoms with Crippen LogP contribution in [0.1, 0.15) is 4.88 Å². The molecule has 0 aliphatic rings. The van der Waals surface area contributed by atoms with Crippen molar-refractivity contribution in [1.82, 2.24) is 0 Å². The van der Waals surface area contributed by atoms with Crippen LogP contribution in [-0.2, 0) is 0 Å². The van der Waals surface area contributed by atoms with Gasteiger partial charge in [0.15, 0.2) is 0 Å². The second-order valence-corrected chi connectivity index (χ2v) is 20.6. The summed E-state index contributed by atoms with van der Waals surface area (Å²) < 4.78 is 18.8. The summed E-state index contributed by atoms with van der Waals surface area (Å²) in [5.74, 6) is 0. The summed E-state index contributed by atoms with van der Waals surface area (Å²) in [6.45, 7) is 2.25. The Morgan fingerprint density at radius 2 is 0.927 bits per heavy atom. The van der Waals surface area contributed by atoms with Gasteiger partial charge in [-0.3, -0.25) is 0 Å². The topological polar surface area (TPSA) is 0 Å². The molecule has 0 radical (unpaired) electrons. The predicted molar refractivity (Wildman–Crippen MR) is 201 cm³/mol.